The van der Waals surface area contributed by atoms with Gasteiger partial charge in [-0.1, -0.05) is 24.3 Å². The third kappa shape index (κ3) is 3.91. The van der Waals surface area contributed by atoms with E-state index >= 15 is 0 Å². The Morgan fingerprint density at radius 2 is 1.84 bits per heavy atom. The average molecular weight is 434 g/mol. The molecule has 1 aromatic carbocycles. The molecule has 3 aromatic rings. The molecule has 2 aromatic heterocycles. The molecule has 2 fully saturated rings. The Balaban J connectivity index is 1.67. The van der Waals surface area contributed by atoms with Crippen molar-refractivity contribution in [2.45, 2.75) is 44.7 Å². The first-order valence-corrected chi connectivity index (χ1v) is 11.6. The fourth-order valence-electron chi connectivity index (χ4n) is 4.99. The molecule has 7 heteroatoms. The number of aromatic nitrogens is 3. The Morgan fingerprint density at radius 3 is 2.59 bits per heavy atom. The lowest BCUT2D eigenvalue weighted by Crippen LogP contribution is -2.42. The summed E-state index contributed by atoms with van der Waals surface area (Å²) in [6.07, 6.45) is 5.64. The van der Waals surface area contributed by atoms with Gasteiger partial charge in [-0.3, -0.25) is 9.36 Å². The number of hydrogen-bond donors (Lipinski definition) is 1. The number of nitrogens with zero attached hydrogens (tertiary/aromatic N) is 4. The molecule has 168 valence electrons. The number of ether oxygens (including phenoxy) is 1. The second-order valence-corrected chi connectivity index (χ2v) is 8.93. The van der Waals surface area contributed by atoms with Crippen molar-refractivity contribution < 1.29 is 4.74 Å². The van der Waals surface area contributed by atoms with E-state index in [1.165, 1.54) is 0 Å². The van der Waals surface area contributed by atoms with E-state index in [0.29, 0.717) is 30.8 Å². The van der Waals surface area contributed by atoms with Crippen molar-refractivity contribution in [1.29, 1.82) is 0 Å². The van der Waals surface area contributed by atoms with Crippen LogP contribution in [0.3, 0.4) is 0 Å². The van der Waals surface area contributed by atoms with Crippen LogP contribution in [-0.2, 0) is 4.74 Å². The molecule has 0 atom stereocenters. The number of nitrogens with one attached hydrogen (secondary N) is 1. The SMILES string of the molecule is Cc1ccccc1-c1cc2cnc(N(C)C3CCNCC3)nc2n(C2CCOCC2)c1=O. The van der Waals surface area contributed by atoms with E-state index < -0.39 is 0 Å². The summed E-state index contributed by atoms with van der Waals surface area (Å²) in [5, 5.41) is 4.31. The average Bonchev–Trinajstić information content (AvgIpc) is 2.84. The second-order valence-electron chi connectivity index (χ2n) is 8.93. The smallest absolute Gasteiger partial charge is 0.260 e. The summed E-state index contributed by atoms with van der Waals surface area (Å²) < 4.78 is 7.50. The number of pyridine rings is 1. The number of anilines is 1. The minimum atomic E-state index is 0.0212. The third-order valence-electron chi connectivity index (χ3n) is 6.92. The Kier molecular flexibility index (Phi) is 5.93. The predicted octanol–water partition coefficient (Wildman–Crippen LogP) is 3.31. The van der Waals surface area contributed by atoms with Crippen molar-refractivity contribution in [2.75, 3.05) is 38.3 Å². The minimum Gasteiger partial charge on any atom is -0.381 e. The summed E-state index contributed by atoms with van der Waals surface area (Å²) in [7, 11) is 2.07. The van der Waals surface area contributed by atoms with Gasteiger partial charge in [0.15, 0.2) is 0 Å². The van der Waals surface area contributed by atoms with Crippen LogP contribution in [0.4, 0.5) is 5.95 Å². The molecule has 2 aliphatic heterocycles. The fraction of sp³-hybridized carbons (Fsp3) is 0.480. The number of hydrogen-bond acceptors (Lipinski definition) is 6. The highest BCUT2D eigenvalue weighted by Crippen LogP contribution is 2.29. The zero-order chi connectivity index (χ0) is 22.1. The molecule has 0 saturated carbocycles. The van der Waals surface area contributed by atoms with E-state index in [1.54, 1.807) is 0 Å². The van der Waals surface area contributed by atoms with E-state index in [0.717, 1.165) is 60.9 Å². The summed E-state index contributed by atoms with van der Waals surface area (Å²) in [5.41, 5.74) is 3.52. The van der Waals surface area contributed by atoms with E-state index in [9.17, 15) is 4.79 Å². The van der Waals surface area contributed by atoms with Crippen LogP contribution >= 0.6 is 0 Å². The maximum Gasteiger partial charge on any atom is 0.260 e. The van der Waals surface area contributed by atoms with Gasteiger partial charge in [-0.05, 0) is 62.9 Å². The standard InChI is InChI=1S/C25H31N5O2/c1-17-5-3-4-6-21(17)22-15-18-16-27-25(29(2)19-7-11-26-12-8-19)28-23(18)30(24(22)31)20-9-13-32-14-10-20/h3-6,15-16,19-20,26H,7-14H2,1-2H3. The molecule has 0 unspecified atom stereocenters. The highest BCUT2D eigenvalue weighted by molar-refractivity contribution is 5.82. The molecule has 0 radical (unpaired) electrons. The molecule has 5 rings (SSSR count). The molecular weight excluding hydrogens is 402 g/mol. The van der Waals surface area contributed by atoms with Gasteiger partial charge >= 0.3 is 0 Å². The Labute approximate surface area is 188 Å². The van der Waals surface area contributed by atoms with Gasteiger partial charge in [0.25, 0.3) is 5.56 Å². The van der Waals surface area contributed by atoms with Crippen molar-refractivity contribution in [1.82, 2.24) is 19.9 Å². The topological polar surface area (TPSA) is 72.3 Å². The predicted molar refractivity (Wildman–Crippen MR) is 127 cm³/mol. The van der Waals surface area contributed by atoms with Gasteiger partial charge in [0.1, 0.15) is 5.65 Å². The Bertz CT molecular complexity index is 1160. The second kappa shape index (κ2) is 9.00. The highest BCUT2D eigenvalue weighted by atomic mass is 16.5. The number of fused-ring (bicyclic) bond motifs is 1. The van der Waals surface area contributed by atoms with Gasteiger partial charge in [-0.25, -0.2) is 4.98 Å². The first kappa shape index (κ1) is 21.1. The van der Waals surface area contributed by atoms with Crippen molar-refractivity contribution in [2.24, 2.45) is 0 Å². The molecule has 0 spiro atoms. The van der Waals surface area contributed by atoms with Gasteiger partial charge in [0.2, 0.25) is 5.95 Å². The maximum absolute atomic E-state index is 13.9. The first-order valence-electron chi connectivity index (χ1n) is 11.6. The molecule has 0 aliphatic carbocycles. The summed E-state index contributed by atoms with van der Waals surface area (Å²) in [6, 6.07) is 10.5. The van der Waals surface area contributed by atoms with Crippen LogP contribution < -0.4 is 15.8 Å². The lowest BCUT2D eigenvalue weighted by atomic mass is 10.00. The van der Waals surface area contributed by atoms with E-state index in [1.807, 2.05) is 48.0 Å². The van der Waals surface area contributed by atoms with Crippen LogP contribution in [0, 0.1) is 6.92 Å². The van der Waals surface area contributed by atoms with E-state index in [2.05, 4.69) is 17.3 Å². The van der Waals surface area contributed by atoms with Crippen molar-refractivity contribution in [3.05, 3.63) is 52.4 Å². The third-order valence-corrected chi connectivity index (χ3v) is 6.92. The van der Waals surface area contributed by atoms with Crippen molar-refractivity contribution >= 4 is 17.0 Å². The van der Waals surface area contributed by atoms with Gasteiger partial charge < -0.3 is 15.0 Å². The quantitative estimate of drug-likeness (QED) is 0.681. The van der Waals surface area contributed by atoms with E-state index in [4.69, 9.17) is 14.7 Å². The van der Waals surface area contributed by atoms with Crippen LogP contribution in [0.5, 0.6) is 0 Å². The minimum absolute atomic E-state index is 0.0212. The summed E-state index contributed by atoms with van der Waals surface area (Å²) >= 11 is 0. The van der Waals surface area contributed by atoms with Gasteiger partial charge in [0, 0.05) is 49.5 Å². The zero-order valence-electron chi connectivity index (χ0n) is 18.9. The number of aryl methyl sites for hydroxylation is 1. The molecular formula is C25H31N5O2. The fourth-order valence-corrected chi connectivity index (χ4v) is 4.99. The van der Waals surface area contributed by atoms with Crippen LogP contribution in [0.2, 0.25) is 0 Å². The monoisotopic (exact) mass is 433 g/mol. The molecule has 0 amide bonds. The maximum atomic E-state index is 13.9. The lowest BCUT2D eigenvalue weighted by molar-refractivity contribution is 0.0697. The molecule has 1 N–H and O–H groups in total. The largest absolute Gasteiger partial charge is 0.381 e. The number of benzene rings is 1. The van der Waals surface area contributed by atoms with Crippen LogP contribution in [0.1, 0.15) is 37.3 Å². The van der Waals surface area contributed by atoms with Gasteiger partial charge in [-0.15, -0.1) is 0 Å². The molecule has 2 aliphatic rings. The van der Waals surface area contributed by atoms with Gasteiger partial charge in [0.05, 0.1) is 0 Å². The summed E-state index contributed by atoms with van der Waals surface area (Å²) in [5.74, 6) is 0.688. The molecule has 32 heavy (non-hydrogen) atoms. The molecule has 0 bridgehead atoms. The zero-order valence-corrected chi connectivity index (χ0v) is 18.9. The van der Waals surface area contributed by atoms with E-state index in [-0.39, 0.29) is 11.6 Å². The van der Waals surface area contributed by atoms with Crippen LogP contribution in [0.15, 0.2) is 41.3 Å². The van der Waals surface area contributed by atoms with Crippen LogP contribution in [0.25, 0.3) is 22.2 Å². The highest BCUT2D eigenvalue weighted by Gasteiger charge is 2.25. The number of piperidine rings is 1. The lowest BCUT2D eigenvalue weighted by Gasteiger charge is -2.32. The van der Waals surface area contributed by atoms with Crippen molar-refractivity contribution in [3.8, 4) is 11.1 Å². The van der Waals surface area contributed by atoms with Crippen molar-refractivity contribution in [3.63, 3.8) is 0 Å². The number of rotatable bonds is 4. The molecule has 2 saturated heterocycles. The summed E-state index contributed by atoms with van der Waals surface area (Å²) in [4.78, 5) is 25.7. The summed E-state index contributed by atoms with van der Waals surface area (Å²) in [6.45, 7) is 5.40. The first-order chi connectivity index (χ1) is 15.6. The van der Waals surface area contributed by atoms with Gasteiger partial charge in [-0.2, -0.15) is 4.98 Å². The normalized spacial score (nSPS) is 18.2. The Morgan fingerprint density at radius 1 is 1.09 bits per heavy atom. The molecule has 4 heterocycles. The Hall–Kier alpha value is -2.77. The molecule has 7 nitrogen and oxygen atoms in total. The van der Waals surface area contributed by atoms with Crippen LogP contribution in [-0.4, -0.2) is 53.9 Å².